The lowest BCUT2D eigenvalue weighted by molar-refractivity contribution is 0.101. The van der Waals surface area contributed by atoms with Gasteiger partial charge in [0.1, 0.15) is 11.6 Å². The van der Waals surface area contributed by atoms with Crippen molar-refractivity contribution < 1.29 is 13.4 Å². The van der Waals surface area contributed by atoms with Crippen molar-refractivity contribution in [2.24, 2.45) is 4.36 Å². The second-order valence-corrected chi connectivity index (χ2v) is 7.05. The number of benzene rings is 1. The second-order valence-electron chi connectivity index (χ2n) is 4.32. The van der Waals surface area contributed by atoms with Crippen LogP contribution in [0.5, 0.6) is 0 Å². The second kappa shape index (κ2) is 6.60. The van der Waals surface area contributed by atoms with Gasteiger partial charge in [-0.25, -0.2) is 8.57 Å². The van der Waals surface area contributed by atoms with Crippen molar-refractivity contribution >= 4 is 27.1 Å². The predicted molar refractivity (Wildman–Crippen MR) is 82.9 cm³/mol. The first-order valence-electron chi connectivity index (χ1n) is 6.09. The molecule has 0 fully saturated rings. The molecule has 1 heterocycles. The third-order valence-corrected chi connectivity index (χ3v) is 4.65. The van der Waals surface area contributed by atoms with E-state index in [0.29, 0.717) is 9.92 Å². The monoisotopic (exact) mass is 334 g/mol. The van der Waals surface area contributed by atoms with Gasteiger partial charge in [-0.05, 0) is 36.4 Å². The molecule has 1 unspecified atom stereocenters. The van der Waals surface area contributed by atoms with E-state index in [4.69, 9.17) is 21.3 Å². The van der Waals surface area contributed by atoms with E-state index in [9.17, 15) is 9.00 Å². The number of allylic oxidation sites excluding steroid dienone is 1. The minimum atomic E-state index is -2.78. The highest BCUT2D eigenvalue weighted by molar-refractivity contribution is 7.93. The van der Waals surface area contributed by atoms with Crippen LogP contribution in [0.1, 0.15) is 10.6 Å². The van der Waals surface area contributed by atoms with Crippen molar-refractivity contribution in [3.05, 3.63) is 65.2 Å². The Morgan fingerprint density at radius 3 is 2.59 bits per heavy atom. The zero-order valence-corrected chi connectivity index (χ0v) is 13.1. The predicted octanol–water partition coefficient (Wildman–Crippen LogP) is 3.68. The summed E-state index contributed by atoms with van der Waals surface area (Å²) in [5, 5.41) is 9.56. The Bertz CT molecular complexity index is 869. The van der Waals surface area contributed by atoms with E-state index in [1.54, 1.807) is 30.3 Å². The van der Waals surface area contributed by atoms with Crippen molar-refractivity contribution in [1.82, 2.24) is 0 Å². The number of hydrogen-bond donors (Lipinski definition) is 0. The fraction of sp³-hybridized carbons (Fsp3) is 0.0667. The van der Waals surface area contributed by atoms with Crippen LogP contribution in [0.15, 0.2) is 68.1 Å². The summed E-state index contributed by atoms with van der Waals surface area (Å²) in [6, 6.07) is 11.1. The number of ketones is 1. The highest BCUT2D eigenvalue weighted by atomic mass is 35.5. The fourth-order valence-electron chi connectivity index (χ4n) is 1.58. The Morgan fingerprint density at radius 2 is 2.05 bits per heavy atom. The van der Waals surface area contributed by atoms with Gasteiger partial charge in [-0.1, -0.05) is 11.6 Å². The molecule has 0 bridgehead atoms. The molecule has 112 valence electrons. The minimum absolute atomic E-state index is 0.0251. The highest BCUT2D eigenvalue weighted by Crippen LogP contribution is 2.17. The van der Waals surface area contributed by atoms with Crippen LogP contribution < -0.4 is 0 Å². The van der Waals surface area contributed by atoms with Gasteiger partial charge in [0, 0.05) is 16.2 Å². The van der Waals surface area contributed by atoms with Crippen LogP contribution in [-0.4, -0.2) is 16.2 Å². The highest BCUT2D eigenvalue weighted by Gasteiger charge is 2.15. The Balaban J connectivity index is 2.38. The van der Waals surface area contributed by atoms with Crippen LogP contribution >= 0.6 is 11.6 Å². The van der Waals surface area contributed by atoms with Crippen LogP contribution in [0.25, 0.3) is 0 Å². The van der Waals surface area contributed by atoms with Crippen molar-refractivity contribution in [3.63, 3.8) is 0 Å². The number of halogens is 1. The van der Waals surface area contributed by atoms with Crippen molar-refractivity contribution in [3.8, 4) is 6.07 Å². The fourth-order valence-corrected chi connectivity index (χ4v) is 2.78. The van der Waals surface area contributed by atoms with Gasteiger partial charge in [-0.3, -0.25) is 4.79 Å². The van der Waals surface area contributed by atoms with E-state index in [-0.39, 0.29) is 11.3 Å². The third-order valence-electron chi connectivity index (χ3n) is 2.74. The maximum atomic E-state index is 12.5. The van der Waals surface area contributed by atoms with E-state index in [0.717, 1.165) is 6.20 Å². The van der Waals surface area contributed by atoms with Crippen LogP contribution in [0.3, 0.4) is 0 Å². The summed E-state index contributed by atoms with van der Waals surface area (Å²) in [7, 11) is -2.78. The minimum Gasteiger partial charge on any atom is -0.461 e. The zero-order chi connectivity index (χ0) is 16.2. The van der Waals surface area contributed by atoms with Crippen LogP contribution in [-0.2, 0) is 9.73 Å². The Morgan fingerprint density at radius 1 is 1.36 bits per heavy atom. The van der Waals surface area contributed by atoms with E-state index >= 15 is 0 Å². The van der Waals surface area contributed by atoms with E-state index in [2.05, 4.69) is 4.36 Å². The van der Waals surface area contributed by atoms with Crippen LogP contribution in [0, 0.1) is 11.3 Å². The number of rotatable bonds is 4. The molecule has 0 aliphatic rings. The number of furan rings is 1. The number of carbonyl (C=O) groups excluding carboxylic acids is 1. The normalized spacial score (nSPS) is 14.0. The Labute approximate surface area is 133 Å². The van der Waals surface area contributed by atoms with E-state index < -0.39 is 15.5 Å². The first-order valence-corrected chi connectivity index (χ1v) is 8.39. The molecule has 0 saturated heterocycles. The SMILES string of the molecule is CS(=O)(=NC=C(C#N)C(=O)c1ccco1)c1ccc(Cl)cc1. The van der Waals surface area contributed by atoms with Crippen molar-refractivity contribution in [2.45, 2.75) is 4.90 Å². The maximum Gasteiger partial charge on any atom is 0.240 e. The lowest BCUT2D eigenvalue weighted by atomic mass is 10.1. The molecule has 7 heteroatoms. The number of hydrogen-bond acceptors (Lipinski definition) is 5. The molecule has 0 spiro atoms. The summed E-state index contributed by atoms with van der Waals surface area (Å²) in [5.41, 5.74) is -0.251. The molecule has 1 atom stereocenters. The van der Waals surface area contributed by atoms with Crippen LogP contribution in [0.4, 0.5) is 0 Å². The molecule has 0 aliphatic carbocycles. The molecule has 0 N–H and O–H groups in total. The molecule has 2 aromatic rings. The lowest BCUT2D eigenvalue weighted by Gasteiger charge is -2.02. The topological polar surface area (TPSA) is 83.4 Å². The lowest BCUT2D eigenvalue weighted by Crippen LogP contribution is -2.01. The third kappa shape index (κ3) is 3.64. The standard InChI is InChI=1S/C15H11ClN2O3S/c1-22(20,13-6-4-12(16)5-7-13)18-10-11(9-17)15(19)14-3-2-8-21-14/h2-8,10H,1H3. The molecule has 1 aromatic heterocycles. The van der Waals surface area contributed by atoms with Gasteiger partial charge in [0.05, 0.1) is 22.2 Å². The molecular weight excluding hydrogens is 324 g/mol. The van der Waals surface area contributed by atoms with Gasteiger partial charge in [-0.15, -0.1) is 0 Å². The number of Topliss-reactive ketones (excluding diaryl/α,β-unsaturated/α-hetero) is 1. The molecule has 0 amide bonds. The summed E-state index contributed by atoms with van der Waals surface area (Å²) in [6.07, 6.45) is 3.76. The van der Waals surface area contributed by atoms with Crippen molar-refractivity contribution in [2.75, 3.05) is 6.26 Å². The number of nitrogens with zero attached hydrogens (tertiary/aromatic N) is 2. The summed E-state index contributed by atoms with van der Waals surface area (Å²) in [5.74, 6) is -0.584. The summed E-state index contributed by atoms with van der Waals surface area (Å²) in [4.78, 5) is 12.4. The molecule has 0 saturated carbocycles. The van der Waals surface area contributed by atoms with Gasteiger partial charge in [0.15, 0.2) is 5.76 Å². The average molecular weight is 335 g/mol. The first-order chi connectivity index (χ1) is 10.4. The zero-order valence-electron chi connectivity index (χ0n) is 11.5. The molecule has 22 heavy (non-hydrogen) atoms. The number of carbonyl (C=O) groups is 1. The van der Waals surface area contributed by atoms with Crippen molar-refractivity contribution in [1.29, 1.82) is 5.26 Å². The van der Waals surface area contributed by atoms with E-state index in [1.165, 1.54) is 24.7 Å². The van der Waals surface area contributed by atoms with Crippen LogP contribution in [0.2, 0.25) is 5.02 Å². The van der Waals surface area contributed by atoms with Gasteiger partial charge < -0.3 is 4.42 Å². The van der Waals surface area contributed by atoms with Gasteiger partial charge >= 0.3 is 0 Å². The summed E-state index contributed by atoms with van der Waals surface area (Å²) < 4.78 is 21.4. The Hall–Kier alpha value is -2.36. The smallest absolute Gasteiger partial charge is 0.240 e. The quantitative estimate of drug-likeness (QED) is 0.485. The maximum absolute atomic E-state index is 12.5. The largest absolute Gasteiger partial charge is 0.461 e. The molecular formula is C15H11ClN2O3S. The first kappa shape index (κ1) is 16.0. The average Bonchev–Trinajstić information content (AvgIpc) is 3.02. The van der Waals surface area contributed by atoms with Gasteiger partial charge in [0.25, 0.3) is 0 Å². The van der Waals surface area contributed by atoms with Gasteiger partial charge in [0.2, 0.25) is 5.78 Å². The Kier molecular flexibility index (Phi) is 4.81. The van der Waals surface area contributed by atoms with E-state index in [1.807, 2.05) is 0 Å². The number of nitriles is 1. The molecule has 2 rings (SSSR count). The molecule has 5 nitrogen and oxygen atoms in total. The molecule has 1 aromatic carbocycles. The molecule has 0 radical (unpaired) electrons. The molecule has 0 aliphatic heterocycles. The van der Waals surface area contributed by atoms with Gasteiger partial charge in [-0.2, -0.15) is 5.26 Å². The summed E-state index contributed by atoms with van der Waals surface area (Å²) >= 11 is 5.78. The summed E-state index contributed by atoms with van der Waals surface area (Å²) in [6.45, 7) is 0.